The lowest BCUT2D eigenvalue weighted by atomic mass is 9.98. The fourth-order valence-electron chi connectivity index (χ4n) is 6.71. The third-order valence-corrected chi connectivity index (χ3v) is 9.12. The quantitative estimate of drug-likeness (QED) is 0.263. The van der Waals surface area contributed by atoms with Crippen LogP contribution in [0.1, 0.15) is 96.1 Å². The highest BCUT2D eigenvalue weighted by Crippen LogP contribution is 2.33. The number of hydrogen-bond donors (Lipinski definition) is 3. The number of methoxy groups -OCH3 is 1. The SMILES string of the molecule is CCCC1CCCCN1C(=O)c1cc(C(=O)N[C@@H](Cc2ccccc2)[C@H](O)CN[C@@H]2CCc3ccc(OC)cc32)nn1CC. The van der Waals surface area contributed by atoms with Gasteiger partial charge in [-0.2, -0.15) is 5.10 Å². The number of aryl methyl sites for hydroxylation is 2. The molecule has 44 heavy (non-hydrogen) atoms. The fourth-order valence-corrected chi connectivity index (χ4v) is 6.71. The van der Waals surface area contributed by atoms with E-state index in [4.69, 9.17) is 4.74 Å². The zero-order chi connectivity index (χ0) is 31.1. The summed E-state index contributed by atoms with van der Waals surface area (Å²) >= 11 is 0. The molecule has 0 bridgehead atoms. The summed E-state index contributed by atoms with van der Waals surface area (Å²) in [5.41, 5.74) is 4.12. The number of nitrogens with one attached hydrogen (secondary N) is 2. The summed E-state index contributed by atoms with van der Waals surface area (Å²) in [5.74, 6) is 0.360. The van der Waals surface area contributed by atoms with E-state index < -0.39 is 18.1 Å². The summed E-state index contributed by atoms with van der Waals surface area (Å²) in [4.78, 5) is 29.3. The Labute approximate surface area is 261 Å². The zero-order valence-corrected chi connectivity index (χ0v) is 26.3. The lowest BCUT2D eigenvalue weighted by molar-refractivity contribution is 0.0588. The molecule has 1 aliphatic heterocycles. The number of aromatic nitrogens is 2. The number of carbonyl (C=O) groups is 2. The molecule has 4 atom stereocenters. The number of benzene rings is 2. The minimum Gasteiger partial charge on any atom is -0.497 e. The highest BCUT2D eigenvalue weighted by molar-refractivity contribution is 5.98. The van der Waals surface area contributed by atoms with Crippen molar-refractivity contribution in [2.75, 3.05) is 20.2 Å². The second kappa shape index (κ2) is 14.9. The number of rotatable bonds is 13. The van der Waals surface area contributed by atoms with Crippen LogP contribution in [0.2, 0.25) is 0 Å². The molecule has 0 radical (unpaired) electrons. The minimum atomic E-state index is -0.855. The van der Waals surface area contributed by atoms with E-state index >= 15 is 0 Å². The number of carbonyl (C=O) groups excluding carboxylic acids is 2. The number of piperidine rings is 1. The van der Waals surface area contributed by atoms with E-state index in [9.17, 15) is 14.7 Å². The molecule has 1 aliphatic carbocycles. The molecule has 2 heterocycles. The van der Waals surface area contributed by atoms with Gasteiger partial charge < -0.3 is 25.4 Å². The van der Waals surface area contributed by atoms with Crippen molar-refractivity contribution in [2.24, 2.45) is 0 Å². The van der Waals surface area contributed by atoms with Crippen LogP contribution in [0, 0.1) is 0 Å². The Hall–Kier alpha value is -3.69. The van der Waals surface area contributed by atoms with Gasteiger partial charge in [0.1, 0.15) is 11.4 Å². The Balaban J connectivity index is 1.30. The highest BCUT2D eigenvalue weighted by Gasteiger charge is 2.31. The second-order valence-electron chi connectivity index (χ2n) is 12.1. The van der Waals surface area contributed by atoms with Gasteiger partial charge in [0.25, 0.3) is 11.8 Å². The number of fused-ring (bicyclic) bond motifs is 1. The summed E-state index contributed by atoms with van der Waals surface area (Å²) < 4.78 is 7.06. The molecule has 236 valence electrons. The Bertz CT molecular complexity index is 1410. The van der Waals surface area contributed by atoms with Gasteiger partial charge in [-0.05, 0) is 80.7 Å². The summed E-state index contributed by atoms with van der Waals surface area (Å²) in [6, 6.07) is 17.4. The minimum absolute atomic E-state index is 0.0601. The van der Waals surface area contributed by atoms with Crippen molar-refractivity contribution in [3.05, 3.63) is 82.7 Å². The van der Waals surface area contributed by atoms with Crippen LogP contribution in [-0.2, 0) is 19.4 Å². The molecule has 0 saturated carbocycles. The molecule has 2 amide bonds. The lowest BCUT2D eigenvalue weighted by Crippen LogP contribution is -2.49. The van der Waals surface area contributed by atoms with E-state index in [1.54, 1.807) is 17.9 Å². The molecule has 3 aromatic rings. The fraction of sp³-hybridized carbons (Fsp3) is 0.514. The average Bonchev–Trinajstić information content (AvgIpc) is 3.68. The van der Waals surface area contributed by atoms with Crippen LogP contribution in [0.25, 0.3) is 0 Å². The van der Waals surface area contributed by atoms with Crippen molar-refractivity contribution in [2.45, 2.75) is 96.0 Å². The zero-order valence-electron chi connectivity index (χ0n) is 26.3. The maximum Gasteiger partial charge on any atom is 0.272 e. The van der Waals surface area contributed by atoms with E-state index in [1.165, 1.54) is 11.1 Å². The number of amides is 2. The molecule has 5 rings (SSSR count). The standard InChI is InChI=1S/C35H47N5O4/c1-4-11-26-14-9-10-19-39(26)35(43)32-22-31(38-40(32)5-2)34(42)37-30(20-24-12-7-6-8-13-24)33(41)23-36-29-18-16-25-15-17-27(44-3)21-28(25)29/h6-8,12-13,15,17,21-22,26,29-30,33,36,41H,4-5,9-11,14,16,18-20,23H2,1-3H3,(H,37,42)/t26?,29-,30+,33-/m1/s1. The number of nitrogens with zero attached hydrogens (tertiary/aromatic N) is 3. The lowest BCUT2D eigenvalue weighted by Gasteiger charge is -2.35. The molecule has 3 N–H and O–H groups in total. The molecule has 2 aliphatic rings. The smallest absolute Gasteiger partial charge is 0.272 e. The number of aliphatic hydroxyl groups excluding tert-OH is 1. The van der Waals surface area contributed by atoms with Crippen molar-refractivity contribution < 1.29 is 19.4 Å². The van der Waals surface area contributed by atoms with Crippen molar-refractivity contribution in [1.29, 1.82) is 0 Å². The first-order valence-corrected chi connectivity index (χ1v) is 16.2. The number of likely N-dealkylation sites (tertiary alicyclic amines) is 1. The van der Waals surface area contributed by atoms with Gasteiger partial charge in [0.2, 0.25) is 0 Å². The van der Waals surface area contributed by atoms with E-state index in [0.717, 1.165) is 62.8 Å². The van der Waals surface area contributed by atoms with Crippen molar-refractivity contribution in [3.63, 3.8) is 0 Å². The van der Waals surface area contributed by atoms with Gasteiger partial charge in [-0.1, -0.05) is 49.7 Å². The first-order valence-electron chi connectivity index (χ1n) is 16.2. The van der Waals surface area contributed by atoms with Gasteiger partial charge in [-0.3, -0.25) is 14.3 Å². The molecule has 9 heteroatoms. The van der Waals surface area contributed by atoms with Crippen LogP contribution in [0.4, 0.5) is 0 Å². The van der Waals surface area contributed by atoms with Gasteiger partial charge in [-0.15, -0.1) is 0 Å². The molecule has 1 fully saturated rings. The Morgan fingerprint density at radius 1 is 1.09 bits per heavy atom. The average molecular weight is 602 g/mol. The molecule has 2 aromatic carbocycles. The predicted octanol–water partition coefficient (Wildman–Crippen LogP) is 4.69. The Morgan fingerprint density at radius 2 is 1.91 bits per heavy atom. The molecule has 0 spiro atoms. The molecular formula is C35H47N5O4. The molecule has 1 unspecified atom stereocenters. The van der Waals surface area contributed by atoms with Crippen LogP contribution >= 0.6 is 0 Å². The summed E-state index contributed by atoms with van der Waals surface area (Å²) in [7, 11) is 1.67. The van der Waals surface area contributed by atoms with Crippen LogP contribution in [0.3, 0.4) is 0 Å². The highest BCUT2D eigenvalue weighted by atomic mass is 16.5. The summed E-state index contributed by atoms with van der Waals surface area (Å²) in [6.45, 7) is 5.59. The largest absolute Gasteiger partial charge is 0.497 e. The summed E-state index contributed by atoms with van der Waals surface area (Å²) in [6.07, 6.45) is 6.65. The van der Waals surface area contributed by atoms with Crippen molar-refractivity contribution in [1.82, 2.24) is 25.3 Å². The summed E-state index contributed by atoms with van der Waals surface area (Å²) in [5, 5.41) is 22.6. The molecular weight excluding hydrogens is 554 g/mol. The number of ether oxygens (including phenoxy) is 1. The first kappa shape index (κ1) is 31.7. The van der Waals surface area contributed by atoms with E-state index in [-0.39, 0.29) is 23.7 Å². The first-order chi connectivity index (χ1) is 21.4. The van der Waals surface area contributed by atoms with Crippen LogP contribution in [0.5, 0.6) is 5.75 Å². The van der Waals surface area contributed by atoms with E-state index in [0.29, 0.717) is 25.2 Å². The normalized spacial score (nSPS) is 19.3. The second-order valence-corrected chi connectivity index (χ2v) is 12.1. The van der Waals surface area contributed by atoms with Crippen LogP contribution < -0.4 is 15.4 Å². The maximum absolute atomic E-state index is 13.7. The molecule has 1 aromatic heterocycles. The van der Waals surface area contributed by atoms with Crippen molar-refractivity contribution >= 4 is 11.8 Å². The Morgan fingerprint density at radius 3 is 2.66 bits per heavy atom. The van der Waals surface area contributed by atoms with Gasteiger partial charge >= 0.3 is 0 Å². The number of aliphatic hydroxyl groups is 1. The third kappa shape index (κ3) is 7.33. The van der Waals surface area contributed by atoms with E-state index in [2.05, 4.69) is 34.8 Å². The number of hydrogen-bond acceptors (Lipinski definition) is 6. The topological polar surface area (TPSA) is 109 Å². The van der Waals surface area contributed by atoms with Crippen molar-refractivity contribution in [3.8, 4) is 5.75 Å². The van der Waals surface area contributed by atoms with Crippen LogP contribution in [-0.4, -0.2) is 70.0 Å². The molecule has 1 saturated heterocycles. The van der Waals surface area contributed by atoms with Gasteiger partial charge in [0.15, 0.2) is 5.69 Å². The Kier molecular flexibility index (Phi) is 10.7. The van der Waals surface area contributed by atoms with Gasteiger partial charge in [-0.25, -0.2) is 0 Å². The predicted molar refractivity (Wildman–Crippen MR) is 171 cm³/mol. The maximum atomic E-state index is 13.7. The monoisotopic (exact) mass is 601 g/mol. The van der Waals surface area contributed by atoms with Gasteiger partial charge in [0, 0.05) is 37.8 Å². The van der Waals surface area contributed by atoms with Gasteiger partial charge in [0.05, 0.1) is 19.3 Å². The molecule has 9 nitrogen and oxygen atoms in total. The van der Waals surface area contributed by atoms with E-state index in [1.807, 2.05) is 48.2 Å². The third-order valence-electron chi connectivity index (χ3n) is 9.12. The van der Waals surface area contributed by atoms with Crippen LogP contribution in [0.15, 0.2) is 54.6 Å².